The summed E-state index contributed by atoms with van der Waals surface area (Å²) in [7, 11) is 1.46. The van der Waals surface area contributed by atoms with E-state index in [1.807, 2.05) is 22.6 Å². The van der Waals surface area contributed by atoms with Crippen LogP contribution in [-0.4, -0.2) is 28.2 Å². The van der Waals surface area contributed by atoms with E-state index in [9.17, 15) is 4.79 Å². The zero-order chi connectivity index (χ0) is 14.7. The van der Waals surface area contributed by atoms with E-state index in [4.69, 9.17) is 14.6 Å². The fourth-order valence-corrected chi connectivity index (χ4v) is 2.23. The van der Waals surface area contributed by atoms with Crippen molar-refractivity contribution in [1.82, 2.24) is 9.97 Å². The lowest BCUT2D eigenvalue weighted by molar-refractivity contribution is 0.0694. The second-order valence-electron chi connectivity index (χ2n) is 3.56. The molecule has 0 saturated heterocycles. The molecule has 8 heteroatoms. The zero-order valence-electron chi connectivity index (χ0n) is 10.1. The van der Waals surface area contributed by atoms with E-state index in [1.54, 1.807) is 12.1 Å². The van der Waals surface area contributed by atoms with Crippen molar-refractivity contribution >= 4 is 44.5 Å². The van der Waals surface area contributed by atoms with Gasteiger partial charge in [-0.25, -0.2) is 9.78 Å². The first-order valence-electron chi connectivity index (χ1n) is 5.28. The lowest BCUT2D eigenvalue weighted by atomic mass is 10.2. The number of aromatic carboxylic acids is 1. The standard InChI is InChI=1S/C12H8BrIN2O4/c1-19-10-8(13)5-15-12(16-10)20-9-3-2-6(14)4-7(9)11(17)18/h2-5H,1H3,(H,17,18). The van der Waals surface area contributed by atoms with E-state index in [0.717, 1.165) is 3.57 Å². The second kappa shape index (κ2) is 6.35. The Hall–Kier alpha value is -1.42. The van der Waals surface area contributed by atoms with Crippen LogP contribution >= 0.6 is 38.5 Å². The van der Waals surface area contributed by atoms with Crippen LogP contribution in [0, 0.1) is 3.57 Å². The maximum atomic E-state index is 11.2. The number of hydrogen-bond donors (Lipinski definition) is 1. The van der Waals surface area contributed by atoms with Gasteiger partial charge in [-0.15, -0.1) is 0 Å². The highest BCUT2D eigenvalue weighted by Crippen LogP contribution is 2.28. The number of ether oxygens (including phenoxy) is 2. The van der Waals surface area contributed by atoms with E-state index >= 15 is 0 Å². The molecule has 2 aromatic rings. The van der Waals surface area contributed by atoms with E-state index in [2.05, 4.69) is 25.9 Å². The first-order chi connectivity index (χ1) is 9.51. The minimum Gasteiger partial charge on any atom is -0.480 e. The predicted octanol–water partition coefficient (Wildman–Crippen LogP) is 3.34. The summed E-state index contributed by atoms with van der Waals surface area (Å²) in [5.74, 6) is -0.609. The molecule has 104 valence electrons. The SMILES string of the molecule is COc1nc(Oc2ccc(I)cc2C(=O)O)ncc1Br. The molecule has 0 bridgehead atoms. The molecule has 1 N–H and O–H groups in total. The largest absolute Gasteiger partial charge is 0.480 e. The maximum Gasteiger partial charge on any atom is 0.339 e. The van der Waals surface area contributed by atoms with Gasteiger partial charge in [0.05, 0.1) is 17.8 Å². The summed E-state index contributed by atoms with van der Waals surface area (Å²) in [6, 6.07) is 4.81. The number of nitrogens with zero attached hydrogens (tertiary/aromatic N) is 2. The van der Waals surface area contributed by atoms with Crippen LogP contribution in [0.5, 0.6) is 17.6 Å². The highest BCUT2D eigenvalue weighted by Gasteiger charge is 2.14. The first kappa shape index (κ1) is 15.0. The van der Waals surface area contributed by atoms with Crippen molar-refractivity contribution in [3.63, 3.8) is 0 Å². The highest BCUT2D eigenvalue weighted by molar-refractivity contribution is 14.1. The van der Waals surface area contributed by atoms with Crippen molar-refractivity contribution in [3.8, 4) is 17.6 Å². The number of methoxy groups -OCH3 is 1. The summed E-state index contributed by atoms with van der Waals surface area (Å²) in [5.41, 5.74) is 0.0439. The lowest BCUT2D eigenvalue weighted by Crippen LogP contribution is -2.02. The van der Waals surface area contributed by atoms with Gasteiger partial charge in [0.15, 0.2) is 0 Å². The summed E-state index contributed by atoms with van der Waals surface area (Å²) in [4.78, 5) is 19.1. The Balaban J connectivity index is 2.37. The molecule has 20 heavy (non-hydrogen) atoms. The summed E-state index contributed by atoms with van der Waals surface area (Å²) in [5, 5.41) is 9.16. The van der Waals surface area contributed by atoms with Crippen LogP contribution in [0.1, 0.15) is 10.4 Å². The Morgan fingerprint density at radius 2 is 2.20 bits per heavy atom. The van der Waals surface area contributed by atoms with Gasteiger partial charge in [-0.05, 0) is 56.7 Å². The molecule has 2 rings (SSSR count). The van der Waals surface area contributed by atoms with Gasteiger partial charge in [0.25, 0.3) is 0 Å². The van der Waals surface area contributed by atoms with Crippen LogP contribution in [0.3, 0.4) is 0 Å². The van der Waals surface area contributed by atoms with Crippen LogP contribution in [0.15, 0.2) is 28.9 Å². The third-order valence-electron chi connectivity index (χ3n) is 2.26. The van der Waals surface area contributed by atoms with Crippen molar-refractivity contribution in [2.75, 3.05) is 7.11 Å². The molecule has 0 aliphatic rings. The Labute approximate surface area is 136 Å². The van der Waals surface area contributed by atoms with Crippen LogP contribution in [0.25, 0.3) is 0 Å². The Morgan fingerprint density at radius 1 is 1.45 bits per heavy atom. The fraction of sp³-hybridized carbons (Fsp3) is 0.0833. The van der Waals surface area contributed by atoms with Gasteiger partial charge in [0.2, 0.25) is 5.88 Å². The molecule has 0 aliphatic heterocycles. The van der Waals surface area contributed by atoms with Gasteiger partial charge < -0.3 is 14.6 Å². The summed E-state index contributed by atoms with van der Waals surface area (Å²) >= 11 is 5.25. The normalized spacial score (nSPS) is 10.2. The zero-order valence-corrected chi connectivity index (χ0v) is 13.9. The number of aromatic nitrogens is 2. The van der Waals surface area contributed by atoms with Crippen molar-refractivity contribution < 1.29 is 19.4 Å². The molecule has 1 heterocycles. The van der Waals surface area contributed by atoms with Gasteiger partial charge in [-0.2, -0.15) is 4.98 Å². The predicted molar refractivity (Wildman–Crippen MR) is 82.5 cm³/mol. The van der Waals surface area contributed by atoms with Crippen molar-refractivity contribution in [2.45, 2.75) is 0 Å². The maximum absolute atomic E-state index is 11.2. The smallest absolute Gasteiger partial charge is 0.339 e. The van der Waals surface area contributed by atoms with Gasteiger partial charge in [-0.3, -0.25) is 0 Å². The average molecular weight is 451 g/mol. The van der Waals surface area contributed by atoms with Gasteiger partial charge >= 0.3 is 12.0 Å². The molecule has 1 aromatic heterocycles. The van der Waals surface area contributed by atoms with E-state index in [0.29, 0.717) is 10.4 Å². The molecule has 0 aliphatic carbocycles. The number of halogens is 2. The Bertz CT molecular complexity index is 666. The first-order valence-corrected chi connectivity index (χ1v) is 7.15. The molecule has 1 aromatic carbocycles. The fourth-order valence-electron chi connectivity index (χ4n) is 1.39. The highest BCUT2D eigenvalue weighted by atomic mass is 127. The van der Waals surface area contributed by atoms with Gasteiger partial charge in [0, 0.05) is 3.57 Å². The minimum absolute atomic E-state index is 0.00811. The molecule has 0 saturated carbocycles. The molecule has 0 fully saturated rings. The van der Waals surface area contributed by atoms with E-state index in [1.165, 1.54) is 19.4 Å². The number of rotatable bonds is 4. The molecule has 0 unspecified atom stereocenters. The van der Waals surface area contributed by atoms with Crippen LogP contribution in [0.2, 0.25) is 0 Å². The van der Waals surface area contributed by atoms with Crippen molar-refractivity contribution in [3.05, 3.63) is 38.0 Å². The molecular weight excluding hydrogens is 443 g/mol. The van der Waals surface area contributed by atoms with Crippen molar-refractivity contribution in [1.29, 1.82) is 0 Å². The summed E-state index contributed by atoms with van der Waals surface area (Å²) in [6.07, 6.45) is 1.47. The number of carboxylic acids is 1. The average Bonchev–Trinajstić information content (AvgIpc) is 2.42. The van der Waals surface area contributed by atoms with Crippen LogP contribution in [0.4, 0.5) is 0 Å². The van der Waals surface area contributed by atoms with Gasteiger partial charge in [0.1, 0.15) is 11.3 Å². The van der Waals surface area contributed by atoms with E-state index < -0.39 is 5.97 Å². The number of carbonyl (C=O) groups is 1. The van der Waals surface area contributed by atoms with Gasteiger partial charge in [-0.1, -0.05) is 0 Å². The Kier molecular flexibility index (Phi) is 4.76. The van der Waals surface area contributed by atoms with Crippen LogP contribution < -0.4 is 9.47 Å². The lowest BCUT2D eigenvalue weighted by Gasteiger charge is -2.08. The third-order valence-corrected chi connectivity index (χ3v) is 3.47. The molecular formula is C12H8BrIN2O4. The minimum atomic E-state index is -1.08. The summed E-state index contributed by atoms with van der Waals surface area (Å²) in [6.45, 7) is 0. The molecule has 0 spiro atoms. The Morgan fingerprint density at radius 3 is 2.85 bits per heavy atom. The third kappa shape index (κ3) is 3.37. The second-order valence-corrected chi connectivity index (χ2v) is 5.66. The van der Waals surface area contributed by atoms with Crippen LogP contribution in [-0.2, 0) is 0 Å². The molecule has 0 atom stereocenters. The number of benzene rings is 1. The topological polar surface area (TPSA) is 81.5 Å². The molecule has 0 radical (unpaired) electrons. The molecule has 6 nitrogen and oxygen atoms in total. The molecule has 0 amide bonds. The van der Waals surface area contributed by atoms with E-state index in [-0.39, 0.29) is 17.3 Å². The number of carboxylic acid groups (broad SMARTS) is 1. The number of hydrogen-bond acceptors (Lipinski definition) is 5. The van der Waals surface area contributed by atoms with Crippen molar-refractivity contribution in [2.24, 2.45) is 0 Å². The summed E-state index contributed by atoms with van der Waals surface area (Å²) < 4.78 is 11.8. The quantitative estimate of drug-likeness (QED) is 0.719. The monoisotopic (exact) mass is 450 g/mol.